The quantitative estimate of drug-likeness (QED) is 0.636. The van der Waals surface area contributed by atoms with E-state index < -0.39 is 0 Å². The van der Waals surface area contributed by atoms with Crippen LogP contribution >= 0.6 is 0 Å². The highest BCUT2D eigenvalue weighted by atomic mass is 16.1. The van der Waals surface area contributed by atoms with E-state index in [0.29, 0.717) is 5.41 Å². The zero-order chi connectivity index (χ0) is 8.60. The van der Waals surface area contributed by atoms with Crippen molar-refractivity contribution in [3.8, 4) is 0 Å². The Labute approximate surface area is 73.5 Å². The molecule has 0 aromatic heterocycles. The molecule has 2 fully saturated rings. The van der Waals surface area contributed by atoms with Crippen LogP contribution in [0.2, 0.25) is 0 Å². The number of hydrogen-bond donors (Lipinski definition) is 1. The summed E-state index contributed by atoms with van der Waals surface area (Å²) in [6, 6.07) is 0. The van der Waals surface area contributed by atoms with Crippen molar-refractivity contribution in [2.75, 3.05) is 0 Å². The number of primary amides is 1. The largest absolute Gasteiger partial charge is 0.369 e. The first-order valence-electron chi connectivity index (χ1n) is 5.04. The third-order valence-corrected chi connectivity index (χ3v) is 3.64. The Morgan fingerprint density at radius 3 is 2.50 bits per heavy atom. The summed E-state index contributed by atoms with van der Waals surface area (Å²) in [5.41, 5.74) is 5.79. The van der Waals surface area contributed by atoms with E-state index in [1.807, 2.05) is 0 Å². The molecule has 68 valence electrons. The first kappa shape index (κ1) is 8.09. The minimum atomic E-state index is -0.0469. The smallest absolute Gasteiger partial charge is 0.221 e. The van der Waals surface area contributed by atoms with Crippen molar-refractivity contribution in [1.29, 1.82) is 0 Å². The molecule has 0 aliphatic heterocycles. The summed E-state index contributed by atoms with van der Waals surface area (Å²) in [4.78, 5) is 11.2. The van der Waals surface area contributed by atoms with Gasteiger partial charge in [-0.3, -0.25) is 4.79 Å². The molecule has 1 amide bonds. The normalized spacial score (nSPS) is 32.8. The van der Waals surface area contributed by atoms with Gasteiger partial charge in [0.1, 0.15) is 0 Å². The molecule has 0 heterocycles. The number of amides is 1. The molecule has 0 aromatic carbocycles. The molecule has 0 radical (unpaired) electrons. The number of carbonyl (C=O) groups is 1. The summed E-state index contributed by atoms with van der Waals surface area (Å²) in [6.45, 7) is 0. The van der Waals surface area contributed by atoms with Gasteiger partial charge in [-0.05, 0) is 31.1 Å². The molecule has 2 nitrogen and oxygen atoms in total. The highest BCUT2D eigenvalue weighted by Crippen LogP contribution is 2.58. The summed E-state index contributed by atoms with van der Waals surface area (Å²) in [7, 11) is 0. The maximum absolute atomic E-state index is 11.2. The van der Waals surface area contributed by atoms with Gasteiger partial charge >= 0.3 is 0 Å². The Bertz CT molecular complexity index is 196. The molecule has 2 heteroatoms. The van der Waals surface area contributed by atoms with Crippen LogP contribution < -0.4 is 5.73 Å². The molecule has 12 heavy (non-hydrogen) atoms. The molecule has 2 aliphatic carbocycles. The van der Waals surface area contributed by atoms with Crippen LogP contribution in [0.1, 0.15) is 44.9 Å². The van der Waals surface area contributed by atoms with Crippen LogP contribution in [0.25, 0.3) is 0 Å². The average Bonchev–Trinajstić information content (AvgIpc) is 2.80. The van der Waals surface area contributed by atoms with Gasteiger partial charge in [0.05, 0.1) is 0 Å². The molecule has 2 saturated carbocycles. The lowest BCUT2D eigenvalue weighted by Gasteiger charge is -2.20. The van der Waals surface area contributed by atoms with Crippen molar-refractivity contribution in [2.45, 2.75) is 44.9 Å². The number of nitrogens with two attached hydrogens (primary N) is 1. The second-order valence-corrected chi connectivity index (χ2v) is 4.42. The monoisotopic (exact) mass is 167 g/mol. The summed E-state index contributed by atoms with van der Waals surface area (Å²) in [5, 5.41) is 0. The van der Waals surface area contributed by atoms with Gasteiger partial charge in [0.2, 0.25) is 5.91 Å². The summed E-state index contributed by atoms with van der Waals surface area (Å²) >= 11 is 0. The van der Waals surface area contributed by atoms with Gasteiger partial charge in [-0.1, -0.05) is 19.3 Å². The fourth-order valence-electron chi connectivity index (χ4n) is 2.69. The lowest BCUT2D eigenvalue weighted by Crippen LogP contribution is -2.30. The van der Waals surface area contributed by atoms with Gasteiger partial charge in [-0.25, -0.2) is 0 Å². The van der Waals surface area contributed by atoms with E-state index in [-0.39, 0.29) is 11.8 Å². The maximum atomic E-state index is 11.2. The van der Waals surface area contributed by atoms with Gasteiger partial charge in [-0.2, -0.15) is 0 Å². The minimum Gasteiger partial charge on any atom is -0.369 e. The van der Waals surface area contributed by atoms with Gasteiger partial charge in [0, 0.05) is 5.92 Å². The second-order valence-electron chi connectivity index (χ2n) is 4.42. The molecule has 0 unspecified atom stereocenters. The minimum absolute atomic E-state index is 0.0469. The van der Waals surface area contributed by atoms with Crippen molar-refractivity contribution in [3.63, 3.8) is 0 Å². The summed E-state index contributed by atoms with van der Waals surface area (Å²) < 4.78 is 0. The fraction of sp³-hybridized carbons (Fsp3) is 0.900. The molecule has 0 aromatic rings. The number of hydrogen-bond acceptors (Lipinski definition) is 1. The van der Waals surface area contributed by atoms with E-state index in [2.05, 4.69) is 0 Å². The lowest BCUT2D eigenvalue weighted by molar-refractivity contribution is -0.124. The Hall–Kier alpha value is -0.530. The lowest BCUT2D eigenvalue weighted by atomic mass is 9.84. The summed E-state index contributed by atoms with van der Waals surface area (Å²) in [5.74, 6) is 0.161. The Kier molecular flexibility index (Phi) is 1.85. The summed E-state index contributed by atoms with van der Waals surface area (Å²) in [6.07, 6.45) is 8.61. The van der Waals surface area contributed by atoms with Gasteiger partial charge in [-0.15, -0.1) is 0 Å². The van der Waals surface area contributed by atoms with Crippen LogP contribution in [-0.2, 0) is 4.79 Å². The molecule has 2 N–H and O–H groups in total. The van der Waals surface area contributed by atoms with Crippen LogP contribution in [0, 0.1) is 11.3 Å². The van der Waals surface area contributed by atoms with Crippen molar-refractivity contribution >= 4 is 5.91 Å². The van der Waals surface area contributed by atoms with Crippen LogP contribution in [0.5, 0.6) is 0 Å². The molecular formula is C10H17NO. The van der Waals surface area contributed by atoms with Crippen LogP contribution in [0.15, 0.2) is 0 Å². The molecule has 2 rings (SSSR count). The first-order chi connectivity index (χ1) is 5.75. The standard InChI is InChI=1S/C10H17NO/c11-9(12)8-4-2-1-3-5-10(8)6-7-10/h8H,1-7H2,(H2,11,12)/t8-/m0/s1. The predicted octanol–water partition coefficient (Wildman–Crippen LogP) is 1.83. The van der Waals surface area contributed by atoms with Crippen molar-refractivity contribution in [3.05, 3.63) is 0 Å². The van der Waals surface area contributed by atoms with E-state index in [4.69, 9.17) is 5.73 Å². The van der Waals surface area contributed by atoms with Crippen molar-refractivity contribution < 1.29 is 4.79 Å². The molecule has 2 aliphatic rings. The van der Waals surface area contributed by atoms with E-state index in [1.54, 1.807) is 0 Å². The highest BCUT2D eigenvalue weighted by molar-refractivity contribution is 5.78. The first-order valence-corrected chi connectivity index (χ1v) is 5.04. The van der Waals surface area contributed by atoms with Gasteiger partial charge in [0.15, 0.2) is 0 Å². The zero-order valence-electron chi connectivity index (χ0n) is 7.51. The zero-order valence-corrected chi connectivity index (χ0v) is 7.51. The predicted molar refractivity (Wildman–Crippen MR) is 47.4 cm³/mol. The average molecular weight is 167 g/mol. The van der Waals surface area contributed by atoms with Crippen molar-refractivity contribution in [2.24, 2.45) is 17.1 Å². The van der Waals surface area contributed by atoms with Crippen molar-refractivity contribution in [1.82, 2.24) is 0 Å². The SMILES string of the molecule is NC(=O)[C@@H]1CCCCCC12CC2. The van der Waals surface area contributed by atoms with Crippen LogP contribution in [0.3, 0.4) is 0 Å². The van der Waals surface area contributed by atoms with Crippen LogP contribution in [-0.4, -0.2) is 5.91 Å². The topological polar surface area (TPSA) is 43.1 Å². The molecule has 1 spiro atoms. The third-order valence-electron chi connectivity index (χ3n) is 3.64. The molecule has 0 bridgehead atoms. The Balaban J connectivity index is 2.11. The Morgan fingerprint density at radius 1 is 1.17 bits per heavy atom. The maximum Gasteiger partial charge on any atom is 0.221 e. The number of carbonyl (C=O) groups excluding carboxylic acids is 1. The fourth-order valence-corrected chi connectivity index (χ4v) is 2.69. The highest BCUT2D eigenvalue weighted by Gasteiger charge is 2.51. The molecular weight excluding hydrogens is 150 g/mol. The van der Waals surface area contributed by atoms with E-state index >= 15 is 0 Å². The van der Waals surface area contributed by atoms with Gasteiger partial charge < -0.3 is 5.73 Å². The van der Waals surface area contributed by atoms with E-state index in [9.17, 15) is 4.79 Å². The number of rotatable bonds is 1. The van der Waals surface area contributed by atoms with Crippen LogP contribution in [0.4, 0.5) is 0 Å². The third kappa shape index (κ3) is 1.23. The van der Waals surface area contributed by atoms with Gasteiger partial charge in [0.25, 0.3) is 0 Å². The van der Waals surface area contributed by atoms with E-state index in [1.165, 1.54) is 38.5 Å². The Morgan fingerprint density at radius 2 is 1.92 bits per heavy atom. The second kappa shape index (κ2) is 2.75. The molecule has 1 atom stereocenters. The molecule has 0 saturated heterocycles. The van der Waals surface area contributed by atoms with E-state index in [0.717, 1.165) is 6.42 Å².